The van der Waals surface area contributed by atoms with E-state index in [0.29, 0.717) is 6.04 Å². The summed E-state index contributed by atoms with van der Waals surface area (Å²) in [6.45, 7) is 3.37. The first-order chi connectivity index (χ1) is 6.40. The zero-order chi connectivity index (χ0) is 9.10. The van der Waals surface area contributed by atoms with Gasteiger partial charge in [-0.2, -0.15) is 0 Å². The minimum Gasteiger partial charge on any atom is -0.314 e. The molecule has 13 heavy (non-hydrogen) atoms. The summed E-state index contributed by atoms with van der Waals surface area (Å²) >= 11 is 1.81. The van der Waals surface area contributed by atoms with Gasteiger partial charge in [0.2, 0.25) is 0 Å². The van der Waals surface area contributed by atoms with Gasteiger partial charge in [0.25, 0.3) is 0 Å². The molecule has 1 atom stereocenters. The summed E-state index contributed by atoms with van der Waals surface area (Å²) in [5.74, 6) is 0. The van der Waals surface area contributed by atoms with Crippen LogP contribution in [0, 0.1) is 0 Å². The Morgan fingerprint density at radius 3 is 3.46 bits per heavy atom. The third kappa shape index (κ3) is 2.09. The third-order valence-electron chi connectivity index (χ3n) is 2.57. The number of aromatic nitrogens is 1. The van der Waals surface area contributed by atoms with Crippen LogP contribution in [0.1, 0.15) is 30.3 Å². The second-order valence-electron chi connectivity index (χ2n) is 3.62. The number of rotatable bonds is 3. The molecule has 2 nitrogen and oxygen atoms in total. The fraction of sp³-hybridized carbons (Fsp3) is 0.700. The number of thiazole rings is 1. The van der Waals surface area contributed by atoms with Gasteiger partial charge in [-0.3, -0.25) is 0 Å². The number of hydrogen-bond donors (Lipinski definition) is 1. The quantitative estimate of drug-likeness (QED) is 0.800. The molecule has 0 saturated heterocycles. The minimum absolute atomic E-state index is 0.702. The number of hydrogen-bond acceptors (Lipinski definition) is 3. The van der Waals surface area contributed by atoms with Crippen LogP contribution in [-0.2, 0) is 12.8 Å². The maximum atomic E-state index is 4.36. The Labute approximate surface area is 83.4 Å². The van der Waals surface area contributed by atoms with Crippen LogP contribution in [0.5, 0.6) is 0 Å². The number of nitrogens with one attached hydrogen (secondary N) is 1. The first kappa shape index (κ1) is 9.16. The fourth-order valence-electron chi connectivity index (χ4n) is 1.82. The van der Waals surface area contributed by atoms with Gasteiger partial charge in [0.05, 0.1) is 11.2 Å². The van der Waals surface area contributed by atoms with Crippen LogP contribution in [0.25, 0.3) is 0 Å². The maximum Gasteiger partial charge on any atom is 0.0797 e. The molecule has 1 aliphatic carbocycles. The molecule has 0 radical (unpaired) electrons. The average Bonchev–Trinajstić information content (AvgIpc) is 2.61. The fourth-order valence-corrected chi connectivity index (χ4v) is 2.72. The van der Waals surface area contributed by atoms with Crippen LogP contribution in [0.15, 0.2) is 5.51 Å². The molecule has 2 rings (SSSR count). The number of aryl methyl sites for hydroxylation is 1. The van der Waals surface area contributed by atoms with Crippen LogP contribution in [0.3, 0.4) is 0 Å². The Morgan fingerprint density at radius 1 is 1.69 bits per heavy atom. The number of fused-ring (bicyclic) bond motifs is 1. The number of nitrogens with zero attached hydrogens (tertiary/aromatic N) is 1. The predicted octanol–water partition coefficient (Wildman–Crippen LogP) is 2.00. The van der Waals surface area contributed by atoms with Crippen LogP contribution in [0.4, 0.5) is 0 Å². The Bertz CT molecular complexity index is 270. The van der Waals surface area contributed by atoms with E-state index in [9.17, 15) is 0 Å². The topological polar surface area (TPSA) is 24.9 Å². The molecule has 0 fully saturated rings. The van der Waals surface area contributed by atoms with Gasteiger partial charge in [-0.05, 0) is 32.2 Å². The van der Waals surface area contributed by atoms with Gasteiger partial charge in [-0.15, -0.1) is 11.3 Å². The summed E-state index contributed by atoms with van der Waals surface area (Å²) in [4.78, 5) is 5.86. The Kier molecular flexibility index (Phi) is 2.96. The van der Waals surface area contributed by atoms with Crippen molar-refractivity contribution < 1.29 is 0 Å². The molecular weight excluding hydrogens is 180 g/mol. The summed E-state index contributed by atoms with van der Waals surface area (Å²) in [7, 11) is 0. The lowest BCUT2D eigenvalue weighted by atomic mass is 9.98. The lowest BCUT2D eigenvalue weighted by Crippen LogP contribution is -2.34. The third-order valence-corrected chi connectivity index (χ3v) is 3.47. The van der Waals surface area contributed by atoms with Gasteiger partial charge in [-0.1, -0.05) is 6.92 Å². The normalized spacial score (nSPS) is 21.5. The van der Waals surface area contributed by atoms with Gasteiger partial charge >= 0.3 is 0 Å². The van der Waals surface area contributed by atoms with Crippen LogP contribution < -0.4 is 5.32 Å². The molecule has 0 saturated carbocycles. The highest BCUT2D eigenvalue weighted by atomic mass is 32.1. The molecule has 1 aromatic heterocycles. The van der Waals surface area contributed by atoms with E-state index in [1.54, 1.807) is 0 Å². The molecule has 1 aliphatic rings. The highest BCUT2D eigenvalue weighted by Crippen LogP contribution is 2.23. The van der Waals surface area contributed by atoms with Crippen molar-refractivity contribution in [3.8, 4) is 0 Å². The van der Waals surface area contributed by atoms with E-state index in [2.05, 4.69) is 17.2 Å². The standard InChI is InChI=1S/C10H16N2S/c1-2-5-11-8-3-4-9-10(6-8)13-7-12-9/h7-8,11H,2-6H2,1H3/t8-/m1/s1. The summed E-state index contributed by atoms with van der Waals surface area (Å²) in [5, 5.41) is 3.58. The molecule has 0 unspecified atom stereocenters. The lowest BCUT2D eigenvalue weighted by molar-refractivity contribution is 0.459. The van der Waals surface area contributed by atoms with Crippen molar-refractivity contribution in [2.75, 3.05) is 6.54 Å². The van der Waals surface area contributed by atoms with Crippen molar-refractivity contribution in [3.63, 3.8) is 0 Å². The molecule has 1 N–H and O–H groups in total. The highest BCUT2D eigenvalue weighted by molar-refractivity contribution is 7.09. The second-order valence-corrected chi connectivity index (χ2v) is 4.56. The zero-order valence-electron chi connectivity index (χ0n) is 8.05. The van der Waals surface area contributed by atoms with E-state index in [1.807, 2.05) is 16.8 Å². The molecule has 3 heteroatoms. The molecule has 0 aromatic carbocycles. The second kappa shape index (κ2) is 4.20. The first-order valence-corrected chi connectivity index (χ1v) is 5.92. The maximum absolute atomic E-state index is 4.36. The Hall–Kier alpha value is -0.410. The van der Waals surface area contributed by atoms with Crippen molar-refractivity contribution in [1.29, 1.82) is 0 Å². The van der Waals surface area contributed by atoms with E-state index >= 15 is 0 Å². The molecule has 0 spiro atoms. The average molecular weight is 196 g/mol. The summed E-state index contributed by atoms with van der Waals surface area (Å²) < 4.78 is 0. The van der Waals surface area contributed by atoms with E-state index < -0.39 is 0 Å². The van der Waals surface area contributed by atoms with Gasteiger partial charge in [-0.25, -0.2) is 4.98 Å². The van der Waals surface area contributed by atoms with Crippen LogP contribution in [0.2, 0.25) is 0 Å². The van der Waals surface area contributed by atoms with E-state index in [0.717, 1.165) is 6.54 Å². The van der Waals surface area contributed by atoms with Crippen molar-refractivity contribution in [3.05, 3.63) is 16.1 Å². The smallest absolute Gasteiger partial charge is 0.0797 e. The van der Waals surface area contributed by atoms with Crippen molar-refractivity contribution in [2.24, 2.45) is 0 Å². The highest BCUT2D eigenvalue weighted by Gasteiger charge is 2.19. The van der Waals surface area contributed by atoms with Crippen molar-refractivity contribution in [2.45, 2.75) is 38.6 Å². The molecule has 0 aliphatic heterocycles. The van der Waals surface area contributed by atoms with E-state index in [-0.39, 0.29) is 0 Å². The van der Waals surface area contributed by atoms with E-state index in [1.165, 1.54) is 36.3 Å². The largest absolute Gasteiger partial charge is 0.314 e. The summed E-state index contributed by atoms with van der Waals surface area (Å²) in [6, 6.07) is 0.702. The minimum atomic E-state index is 0.702. The van der Waals surface area contributed by atoms with Gasteiger partial charge in [0.15, 0.2) is 0 Å². The first-order valence-electron chi connectivity index (χ1n) is 5.04. The SMILES string of the molecule is CCCN[C@@H]1CCc2ncsc2C1. The predicted molar refractivity (Wildman–Crippen MR) is 56.2 cm³/mol. The molecule has 0 amide bonds. The van der Waals surface area contributed by atoms with Crippen molar-refractivity contribution in [1.82, 2.24) is 10.3 Å². The molecule has 1 aromatic rings. The Balaban J connectivity index is 1.93. The molecular formula is C10H16N2S. The molecule has 0 bridgehead atoms. The molecule has 72 valence electrons. The van der Waals surface area contributed by atoms with Crippen molar-refractivity contribution >= 4 is 11.3 Å². The summed E-state index contributed by atoms with van der Waals surface area (Å²) in [6.07, 6.45) is 4.85. The Morgan fingerprint density at radius 2 is 2.62 bits per heavy atom. The monoisotopic (exact) mass is 196 g/mol. The van der Waals surface area contributed by atoms with E-state index in [4.69, 9.17) is 0 Å². The van der Waals surface area contributed by atoms with Crippen LogP contribution in [-0.4, -0.2) is 17.6 Å². The van der Waals surface area contributed by atoms with Gasteiger partial charge in [0, 0.05) is 10.9 Å². The lowest BCUT2D eigenvalue weighted by Gasteiger charge is -2.22. The zero-order valence-corrected chi connectivity index (χ0v) is 8.86. The van der Waals surface area contributed by atoms with Gasteiger partial charge < -0.3 is 5.32 Å². The summed E-state index contributed by atoms with van der Waals surface area (Å²) in [5.41, 5.74) is 3.33. The molecule has 1 heterocycles. The van der Waals surface area contributed by atoms with Crippen LogP contribution >= 0.6 is 11.3 Å². The van der Waals surface area contributed by atoms with Gasteiger partial charge in [0.1, 0.15) is 0 Å².